The minimum atomic E-state index is 0.171. The van der Waals surface area contributed by atoms with Crippen molar-refractivity contribution in [3.8, 4) is 5.75 Å². The highest BCUT2D eigenvalue weighted by Crippen LogP contribution is 2.30. The molecular weight excluding hydrogens is 373 g/mol. The Hall–Kier alpha value is -1.07. The van der Waals surface area contributed by atoms with Crippen molar-refractivity contribution in [2.24, 2.45) is 0 Å². The van der Waals surface area contributed by atoms with Crippen molar-refractivity contribution in [2.45, 2.75) is 26.3 Å². The van der Waals surface area contributed by atoms with Gasteiger partial charge >= 0.3 is 0 Å². The predicted molar refractivity (Wildman–Crippen MR) is 96.9 cm³/mol. The number of nitrogens with one attached hydrogen (secondary N) is 1. The summed E-state index contributed by atoms with van der Waals surface area (Å²) in [4.78, 5) is 0. The van der Waals surface area contributed by atoms with E-state index in [2.05, 4.69) is 71.2 Å². The summed E-state index contributed by atoms with van der Waals surface area (Å²) in [6.45, 7) is 5.88. The third-order valence-electron chi connectivity index (χ3n) is 3.33. The number of hydrogen-bond acceptors (Lipinski definition) is 2. The van der Waals surface area contributed by atoms with Gasteiger partial charge in [-0.2, -0.15) is 0 Å². The first kappa shape index (κ1) is 16.3. The topological polar surface area (TPSA) is 21.3 Å². The van der Waals surface area contributed by atoms with E-state index in [1.165, 1.54) is 14.7 Å². The fourth-order valence-corrected chi connectivity index (χ4v) is 2.72. The van der Waals surface area contributed by atoms with E-state index >= 15 is 0 Å². The molecule has 2 rings (SSSR count). The Bertz CT molecular complexity index is 553. The zero-order valence-electron chi connectivity index (χ0n) is 12.6. The number of benzene rings is 2. The first-order valence-corrected chi connectivity index (χ1v) is 8.54. The fourth-order valence-electron chi connectivity index (χ4n) is 2.36. The van der Waals surface area contributed by atoms with Crippen molar-refractivity contribution >= 4 is 22.6 Å². The van der Waals surface area contributed by atoms with Crippen LogP contribution in [0, 0.1) is 3.57 Å². The Morgan fingerprint density at radius 1 is 1.05 bits per heavy atom. The van der Waals surface area contributed by atoms with E-state index in [0.29, 0.717) is 6.61 Å². The highest BCUT2D eigenvalue weighted by atomic mass is 127. The Morgan fingerprint density at radius 3 is 2.43 bits per heavy atom. The normalized spacial score (nSPS) is 12.1. The van der Waals surface area contributed by atoms with Crippen molar-refractivity contribution in [1.29, 1.82) is 0 Å². The highest BCUT2D eigenvalue weighted by Gasteiger charge is 2.17. The molecule has 0 amide bonds. The molecule has 2 aromatic rings. The fraction of sp³-hybridized carbons (Fsp3) is 0.333. The van der Waals surface area contributed by atoms with Crippen LogP contribution in [0.5, 0.6) is 5.75 Å². The summed E-state index contributed by atoms with van der Waals surface area (Å²) < 4.78 is 7.06. The van der Waals surface area contributed by atoms with Crippen LogP contribution in [0.15, 0.2) is 48.5 Å². The Labute approximate surface area is 141 Å². The quantitative estimate of drug-likeness (QED) is 0.682. The van der Waals surface area contributed by atoms with Gasteiger partial charge in [0.25, 0.3) is 0 Å². The average Bonchev–Trinajstić information content (AvgIpc) is 2.51. The third kappa shape index (κ3) is 4.45. The van der Waals surface area contributed by atoms with Gasteiger partial charge in [0.05, 0.1) is 12.6 Å². The number of ether oxygens (including phenoxy) is 1. The molecule has 0 aliphatic heterocycles. The number of halogens is 1. The largest absolute Gasteiger partial charge is 0.494 e. The summed E-state index contributed by atoms with van der Waals surface area (Å²) in [5.41, 5.74) is 2.48. The Morgan fingerprint density at radius 2 is 1.76 bits per heavy atom. The Kier molecular flexibility index (Phi) is 6.51. The van der Waals surface area contributed by atoms with Gasteiger partial charge < -0.3 is 10.1 Å². The molecule has 0 saturated carbocycles. The minimum Gasteiger partial charge on any atom is -0.494 e. The molecule has 0 bridgehead atoms. The molecule has 0 saturated heterocycles. The van der Waals surface area contributed by atoms with Crippen LogP contribution in [0.2, 0.25) is 0 Å². The van der Waals surface area contributed by atoms with Crippen LogP contribution in [0.3, 0.4) is 0 Å². The lowest BCUT2D eigenvalue weighted by atomic mass is 9.97. The van der Waals surface area contributed by atoms with Crippen LogP contribution in [0.1, 0.15) is 37.4 Å². The summed E-state index contributed by atoms with van der Waals surface area (Å²) in [7, 11) is 0. The van der Waals surface area contributed by atoms with E-state index in [1.54, 1.807) is 0 Å². The van der Waals surface area contributed by atoms with Crippen LogP contribution in [0.25, 0.3) is 0 Å². The van der Waals surface area contributed by atoms with E-state index < -0.39 is 0 Å². The Balaban J connectivity index is 2.37. The molecule has 1 atom stereocenters. The molecule has 21 heavy (non-hydrogen) atoms. The first-order valence-electron chi connectivity index (χ1n) is 7.46. The molecule has 0 radical (unpaired) electrons. The standard InChI is InChI=1S/C18H22INO/c1-3-13-20-18(14-9-11-15(19)12-10-14)16-7-5-6-8-17(16)21-4-2/h5-12,18,20H,3-4,13H2,1-2H3. The van der Waals surface area contributed by atoms with Gasteiger partial charge in [-0.3, -0.25) is 0 Å². The van der Waals surface area contributed by atoms with E-state index in [1.807, 2.05) is 19.1 Å². The second-order valence-corrected chi connectivity index (χ2v) is 6.16. The van der Waals surface area contributed by atoms with Crippen molar-refractivity contribution in [3.05, 3.63) is 63.2 Å². The van der Waals surface area contributed by atoms with E-state index in [0.717, 1.165) is 18.7 Å². The SMILES string of the molecule is CCCNC(c1ccc(I)cc1)c1ccccc1OCC. The maximum Gasteiger partial charge on any atom is 0.124 e. The molecule has 0 aromatic heterocycles. The predicted octanol–water partition coefficient (Wildman–Crippen LogP) is 4.78. The smallest absolute Gasteiger partial charge is 0.124 e. The van der Waals surface area contributed by atoms with Crippen LogP contribution < -0.4 is 10.1 Å². The van der Waals surface area contributed by atoms with Gasteiger partial charge in [-0.15, -0.1) is 0 Å². The molecule has 1 N–H and O–H groups in total. The monoisotopic (exact) mass is 395 g/mol. The number of para-hydroxylation sites is 1. The van der Waals surface area contributed by atoms with Crippen LogP contribution in [0.4, 0.5) is 0 Å². The van der Waals surface area contributed by atoms with Crippen molar-refractivity contribution in [2.75, 3.05) is 13.2 Å². The van der Waals surface area contributed by atoms with E-state index in [4.69, 9.17) is 4.74 Å². The second-order valence-electron chi connectivity index (χ2n) is 4.91. The van der Waals surface area contributed by atoms with Gasteiger partial charge in [0.2, 0.25) is 0 Å². The van der Waals surface area contributed by atoms with Crippen molar-refractivity contribution in [3.63, 3.8) is 0 Å². The molecule has 0 spiro atoms. The van der Waals surface area contributed by atoms with Crippen molar-refractivity contribution in [1.82, 2.24) is 5.32 Å². The first-order chi connectivity index (χ1) is 10.3. The maximum absolute atomic E-state index is 5.80. The average molecular weight is 395 g/mol. The van der Waals surface area contributed by atoms with Crippen molar-refractivity contribution < 1.29 is 4.74 Å². The lowest BCUT2D eigenvalue weighted by Gasteiger charge is -2.22. The van der Waals surface area contributed by atoms with Gasteiger partial charge in [0, 0.05) is 9.13 Å². The molecule has 0 heterocycles. The molecule has 0 aliphatic carbocycles. The van der Waals surface area contributed by atoms with Gasteiger partial charge in [-0.25, -0.2) is 0 Å². The van der Waals surface area contributed by atoms with Crippen LogP contribution in [-0.4, -0.2) is 13.2 Å². The molecule has 2 aromatic carbocycles. The maximum atomic E-state index is 5.80. The van der Waals surface area contributed by atoms with Gasteiger partial charge in [-0.05, 0) is 66.2 Å². The van der Waals surface area contributed by atoms with Crippen LogP contribution in [-0.2, 0) is 0 Å². The zero-order valence-corrected chi connectivity index (χ0v) is 14.8. The van der Waals surface area contributed by atoms with E-state index in [-0.39, 0.29) is 6.04 Å². The van der Waals surface area contributed by atoms with Gasteiger partial charge in [-0.1, -0.05) is 37.3 Å². The van der Waals surface area contributed by atoms with E-state index in [9.17, 15) is 0 Å². The summed E-state index contributed by atoms with van der Waals surface area (Å²) >= 11 is 2.34. The molecule has 0 fully saturated rings. The van der Waals surface area contributed by atoms with Crippen LogP contribution >= 0.6 is 22.6 Å². The summed E-state index contributed by atoms with van der Waals surface area (Å²) in [6, 6.07) is 17.2. The highest BCUT2D eigenvalue weighted by molar-refractivity contribution is 14.1. The summed E-state index contributed by atoms with van der Waals surface area (Å²) in [6.07, 6.45) is 1.11. The molecule has 3 heteroatoms. The lowest BCUT2D eigenvalue weighted by molar-refractivity contribution is 0.333. The second kappa shape index (κ2) is 8.39. The lowest BCUT2D eigenvalue weighted by Crippen LogP contribution is -2.23. The summed E-state index contributed by atoms with van der Waals surface area (Å²) in [5.74, 6) is 0.965. The molecular formula is C18H22INO. The number of rotatable bonds is 7. The molecule has 2 nitrogen and oxygen atoms in total. The molecule has 1 unspecified atom stereocenters. The molecule has 112 valence electrons. The third-order valence-corrected chi connectivity index (χ3v) is 4.05. The summed E-state index contributed by atoms with van der Waals surface area (Å²) in [5, 5.41) is 3.64. The minimum absolute atomic E-state index is 0.171. The zero-order chi connectivity index (χ0) is 15.1. The number of hydrogen-bond donors (Lipinski definition) is 1. The molecule has 0 aliphatic rings. The van der Waals surface area contributed by atoms with Gasteiger partial charge in [0.15, 0.2) is 0 Å². The van der Waals surface area contributed by atoms with Gasteiger partial charge in [0.1, 0.15) is 5.75 Å².